The molecule has 1 saturated carbocycles. The van der Waals surface area contributed by atoms with Crippen LogP contribution in [0.3, 0.4) is 0 Å². The van der Waals surface area contributed by atoms with Gasteiger partial charge in [-0.1, -0.05) is 32.9 Å². The van der Waals surface area contributed by atoms with Crippen LogP contribution in [0.5, 0.6) is 5.75 Å². The summed E-state index contributed by atoms with van der Waals surface area (Å²) in [5.41, 5.74) is 0.311. The number of Topliss-reactive ketones (excluding diaryl/α,β-unsaturated/α-hetero) is 1. The highest BCUT2D eigenvalue weighted by Gasteiger charge is 2.36. The minimum atomic E-state index is -0.443. The molecule has 0 N–H and O–H groups in total. The lowest BCUT2D eigenvalue weighted by atomic mass is 9.86. The quantitative estimate of drug-likeness (QED) is 0.679. The van der Waals surface area contributed by atoms with E-state index in [1.54, 1.807) is 0 Å². The third-order valence-electron chi connectivity index (χ3n) is 4.56. The first kappa shape index (κ1) is 16.0. The molecule has 1 unspecified atom stereocenters. The SMILES string of the molecule is CCN(CC)C(C)(CC)C(=O)c1cccc(OC2CC2)c1. The zero-order valence-corrected chi connectivity index (χ0v) is 13.7. The Bertz CT molecular complexity index is 492. The fourth-order valence-corrected chi connectivity index (χ4v) is 2.85. The van der Waals surface area contributed by atoms with E-state index in [-0.39, 0.29) is 5.78 Å². The molecule has 1 atom stereocenters. The summed E-state index contributed by atoms with van der Waals surface area (Å²) in [5, 5.41) is 0. The van der Waals surface area contributed by atoms with Gasteiger partial charge in [-0.05, 0) is 51.4 Å². The van der Waals surface area contributed by atoms with Crippen LogP contribution >= 0.6 is 0 Å². The Kier molecular flexibility index (Phi) is 5.04. The molecular formula is C18H27NO2. The summed E-state index contributed by atoms with van der Waals surface area (Å²) < 4.78 is 5.81. The molecule has 1 aromatic rings. The topological polar surface area (TPSA) is 29.5 Å². The highest BCUT2D eigenvalue weighted by molar-refractivity contribution is 6.03. The third-order valence-corrected chi connectivity index (χ3v) is 4.56. The normalized spacial score (nSPS) is 17.6. The zero-order valence-electron chi connectivity index (χ0n) is 13.7. The van der Waals surface area contributed by atoms with Gasteiger partial charge in [0.15, 0.2) is 5.78 Å². The summed E-state index contributed by atoms with van der Waals surface area (Å²) in [4.78, 5) is 15.3. The second-order valence-electron chi connectivity index (χ2n) is 5.97. The molecule has 0 amide bonds. The van der Waals surface area contributed by atoms with Crippen molar-refractivity contribution >= 4 is 5.78 Å². The second kappa shape index (κ2) is 6.61. The van der Waals surface area contributed by atoms with Crippen molar-refractivity contribution in [3.8, 4) is 5.75 Å². The van der Waals surface area contributed by atoms with E-state index >= 15 is 0 Å². The van der Waals surface area contributed by atoms with Gasteiger partial charge in [-0.3, -0.25) is 9.69 Å². The Hall–Kier alpha value is -1.35. The smallest absolute Gasteiger partial charge is 0.182 e. The van der Waals surface area contributed by atoms with E-state index in [0.29, 0.717) is 6.10 Å². The van der Waals surface area contributed by atoms with Gasteiger partial charge in [-0.25, -0.2) is 0 Å². The molecule has 0 radical (unpaired) electrons. The van der Waals surface area contributed by atoms with Gasteiger partial charge in [0.05, 0.1) is 11.6 Å². The summed E-state index contributed by atoms with van der Waals surface area (Å²) in [6.07, 6.45) is 3.42. The standard InChI is InChI=1S/C18H27NO2/c1-5-18(4,19(6-2)7-3)17(20)14-9-8-10-16(13-14)21-15-11-12-15/h8-10,13,15H,5-7,11-12H2,1-4H3. The lowest BCUT2D eigenvalue weighted by molar-refractivity contribution is 0.0607. The first-order valence-corrected chi connectivity index (χ1v) is 8.11. The molecule has 3 heteroatoms. The number of carbonyl (C=O) groups is 1. The van der Waals surface area contributed by atoms with Crippen molar-refractivity contribution in [1.29, 1.82) is 0 Å². The van der Waals surface area contributed by atoms with Gasteiger partial charge in [-0.15, -0.1) is 0 Å². The van der Waals surface area contributed by atoms with Crippen LogP contribution < -0.4 is 4.74 Å². The molecular weight excluding hydrogens is 262 g/mol. The van der Waals surface area contributed by atoms with Crippen molar-refractivity contribution in [2.45, 2.75) is 58.6 Å². The van der Waals surface area contributed by atoms with Crippen molar-refractivity contribution in [3.05, 3.63) is 29.8 Å². The number of rotatable bonds is 8. The molecule has 1 aromatic carbocycles. The highest BCUT2D eigenvalue weighted by atomic mass is 16.5. The van der Waals surface area contributed by atoms with E-state index < -0.39 is 5.54 Å². The Morgan fingerprint density at radius 1 is 1.29 bits per heavy atom. The van der Waals surface area contributed by atoms with Gasteiger partial charge in [0.25, 0.3) is 0 Å². The molecule has 1 fully saturated rings. The molecule has 0 spiro atoms. The molecule has 0 saturated heterocycles. The number of nitrogens with zero attached hydrogens (tertiary/aromatic N) is 1. The molecule has 0 heterocycles. The summed E-state index contributed by atoms with van der Waals surface area (Å²) in [6.45, 7) is 10.1. The lowest BCUT2D eigenvalue weighted by Gasteiger charge is -2.38. The Morgan fingerprint density at radius 2 is 1.95 bits per heavy atom. The average molecular weight is 289 g/mol. The summed E-state index contributed by atoms with van der Waals surface area (Å²) in [5.74, 6) is 1.01. The number of hydrogen-bond acceptors (Lipinski definition) is 3. The molecule has 21 heavy (non-hydrogen) atoms. The van der Waals surface area contributed by atoms with Gasteiger partial charge >= 0.3 is 0 Å². The van der Waals surface area contributed by atoms with Crippen LogP contribution in [0.2, 0.25) is 0 Å². The van der Waals surface area contributed by atoms with Crippen LogP contribution in [-0.2, 0) is 0 Å². The van der Waals surface area contributed by atoms with E-state index in [1.807, 2.05) is 24.3 Å². The molecule has 3 nitrogen and oxygen atoms in total. The minimum Gasteiger partial charge on any atom is -0.490 e. The van der Waals surface area contributed by atoms with Crippen molar-refractivity contribution in [2.75, 3.05) is 13.1 Å². The summed E-state index contributed by atoms with van der Waals surface area (Å²) in [7, 11) is 0. The van der Waals surface area contributed by atoms with Crippen molar-refractivity contribution in [1.82, 2.24) is 4.90 Å². The van der Waals surface area contributed by atoms with Crippen molar-refractivity contribution in [3.63, 3.8) is 0 Å². The Balaban J connectivity index is 2.23. The van der Waals surface area contributed by atoms with E-state index in [2.05, 4.69) is 32.6 Å². The predicted molar refractivity (Wildman–Crippen MR) is 86.0 cm³/mol. The number of benzene rings is 1. The lowest BCUT2D eigenvalue weighted by Crippen LogP contribution is -2.51. The number of likely N-dealkylation sites (N-methyl/N-ethyl adjacent to an activating group) is 1. The number of carbonyl (C=O) groups excluding carboxylic acids is 1. The minimum absolute atomic E-state index is 0.190. The molecule has 0 aliphatic heterocycles. The number of hydrogen-bond donors (Lipinski definition) is 0. The first-order valence-electron chi connectivity index (χ1n) is 8.11. The van der Waals surface area contributed by atoms with Gasteiger partial charge in [0.2, 0.25) is 0 Å². The fourth-order valence-electron chi connectivity index (χ4n) is 2.85. The number of ketones is 1. The van der Waals surface area contributed by atoms with Crippen LogP contribution in [0.25, 0.3) is 0 Å². The molecule has 1 aliphatic carbocycles. The summed E-state index contributed by atoms with van der Waals surface area (Å²) in [6, 6.07) is 7.66. The zero-order chi connectivity index (χ0) is 15.5. The Labute approximate surface area is 128 Å². The second-order valence-corrected chi connectivity index (χ2v) is 5.97. The summed E-state index contributed by atoms with van der Waals surface area (Å²) >= 11 is 0. The molecule has 0 aromatic heterocycles. The van der Waals surface area contributed by atoms with Crippen LogP contribution in [0.1, 0.15) is 57.3 Å². The maximum Gasteiger partial charge on any atom is 0.182 e. The van der Waals surface area contributed by atoms with Gasteiger partial charge in [0, 0.05) is 5.56 Å². The van der Waals surface area contributed by atoms with Gasteiger partial charge in [-0.2, -0.15) is 0 Å². The van der Waals surface area contributed by atoms with E-state index in [0.717, 1.165) is 43.7 Å². The van der Waals surface area contributed by atoms with Crippen LogP contribution in [0, 0.1) is 0 Å². The molecule has 2 rings (SSSR count). The molecule has 0 bridgehead atoms. The van der Waals surface area contributed by atoms with Crippen LogP contribution in [0.15, 0.2) is 24.3 Å². The monoisotopic (exact) mass is 289 g/mol. The fraction of sp³-hybridized carbons (Fsp3) is 0.611. The molecule has 116 valence electrons. The first-order chi connectivity index (χ1) is 10.0. The third kappa shape index (κ3) is 3.46. The average Bonchev–Trinajstić information content (AvgIpc) is 3.31. The predicted octanol–water partition coefficient (Wildman–Crippen LogP) is 3.92. The Morgan fingerprint density at radius 3 is 2.48 bits per heavy atom. The van der Waals surface area contributed by atoms with Crippen molar-refractivity contribution < 1.29 is 9.53 Å². The van der Waals surface area contributed by atoms with E-state index in [4.69, 9.17) is 4.74 Å². The molecule has 1 aliphatic rings. The van der Waals surface area contributed by atoms with Gasteiger partial charge < -0.3 is 4.74 Å². The maximum atomic E-state index is 13.0. The van der Waals surface area contributed by atoms with E-state index in [9.17, 15) is 4.79 Å². The largest absolute Gasteiger partial charge is 0.490 e. The highest BCUT2D eigenvalue weighted by Crippen LogP contribution is 2.29. The van der Waals surface area contributed by atoms with Crippen molar-refractivity contribution in [2.24, 2.45) is 0 Å². The maximum absolute atomic E-state index is 13.0. The van der Waals surface area contributed by atoms with Gasteiger partial charge in [0.1, 0.15) is 5.75 Å². The van der Waals surface area contributed by atoms with Crippen LogP contribution in [0.4, 0.5) is 0 Å². The van der Waals surface area contributed by atoms with Crippen LogP contribution in [-0.4, -0.2) is 35.4 Å². The van der Waals surface area contributed by atoms with E-state index in [1.165, 1.54) is 0 Å². The number of ether oxygens (including phenoxy) is 1.